The van der Waals surface area contributed by atoms with Gasteiger partial charge in [0.2, 0.25) is 39.0 Å². The number of rotatable bonds is 25. The number of halogens is 1. The molecule has 27 nitrogen and oxygen atoms in total. The van der Waals surface area contributed by atoms with Crippen LogP contribution in [0.3, 0.4) is 0 Å². The van der Waals surface area contributed by atoms with Crippen molar-refractivity contribution in [2.75, 3.05) is 26.2 Å². The molecule has 0 radical (unpaired) electrons. The molecule has 12 N–H and O–H groups in total. The third kappa shape index (κ3) is 27.5. The third-order valence-corrected chi connectivity index (χ3v) is 16.5. The summed E-state index contributed by atoms with van der Waals surface area (Å²) in [5.74, 6) is -4.38. The number of nitro groups is 2. The number of pyridine rings is 1. The van der Waals surface area contributed by atoms with Crippen LogP contribution in [0.5, 0.6) is 0 Å². The molecule has 0 aliphatic heterocycles. The van der Waals surface area contributed by atoms with Crippen LogP contribution in [0.4, 0.5) is 15.8 Å². The second kappa shape index (κ2) is 39.7. The number of aromatic nitrogens is 1. The average molecular weight is 1400 g/mol. The van der Waals surface area contributed by atoms with Crippen molar-refractivity contribution in [1.82, 2.24) is 26.3 Å². The highest BCUT2D eigenvalue weighted by Gasteiger charge is 2.26. The molecule has 0 bridgehead atoms. The van der Waals surface area contributed by atoms with Gasteiger partial charge < -0.3 is 44.2 Å². The molecule has 7 aromatic rings. The molecule has 1 heterocycles. The van der Waals surface area contributed by atoms with Crippen molar-refractivity contribution in [3.8, 4) is 0 Å². The average Bonchev–Trinajstić information content (AvgIpc) is 0.890. The number of nitrogens with two attached hydrogens (primary N) is 4. The third-order valence-electron chi connectivity index (χ3n) is 12.2. The van der Waals surface area contributed by atoms with E-state index in [1.165, 1.54) is 73.1 Å². The Morgan fingerprint density at radius 3 is 1.20 bits per heavy atom. The summed E-state index contributed by atoms with van der Waals surface area (Å²) < 4.78 is 13.5. The lowest BCUT2D eigenvalue weighted by atomic mass is 10.00. The Kier molecular flexibility index (Phi) is 32.1. The number of nitrogens with one attached hydrogen (secondary N) is 4. The highest BCUT2D eigenvalue weighted by molar-refractivity contribution is 8.15. The van der Waals surface area contributed by atoms with Gasteiger partial charge >= 0.3 is 0 Å². The molecule has 0 atom stereocenters. The van der Waals surface area contributed by atoms with Crippen molar-refractivity contribution in [2.24, 2.45) is 28.3 Å². The van der Waals surface area contributed by atoms with E-state index in [2.05, 4.69) is 26.3 Å². The van der Waals surface area contributed by atoms with E-state index < -0.39 is 67.5 Å². The van der Waals surface area contributed by atoms with E-state index in [9.17, 15) is 82.2 Å². The van der Waals surface area contributed by atoms with E-state index >= 15 is 0 Å². The monoisotopic (exact) mass is 1400 g/mol. The SMILES string of the molecule is CC(C)(C)C(=O)Sc1ccccc1C(=O)NCCC(N)=O.NC(=O)CCNC(=O)c1ccc(F)cc1SC(=O)c1cccnc1.NC(=O)CCNC(=O)c1ccccc1SC(=O)c1ccc([N+](=O)[O-])cc1.NC(=O)CCNC(=O)c1ccccc1SC(=O)c1ccccc1[N+](=O)[O-]. The Labute approximate surface area is 570 Å². The van der Waals surface area contributed by atoms with Gasteiger partial charge in [-0.05, 0) is 120 Å². The van der Waals surface area contributed by atoms with Crippen LogP contribution in [-0.4, -0.2) is 109 Å². The van der Waals surface area contributed by atoms with Gasteiger partial charge in [0.15, 0.2) is 5.12 Å². The van der Waals surface area contributed by atoms with Gasteiger partial charge in [0, 0.05) is 119 Å². The molecule has 97 heavy (non-hydrogen) atoms. The summed E-state index contributed by atoms with van der Waals surface area (Å²) in [6.45, 7) is 5.91. The number of nitrogens with zero attached hydrogens (tertiary/aromatic N) is 3. The second-order valence-corrected chi connectivity index (χ2v) is 24.7. The number of primary amides is 4. The first-order valence-corrected chi connectivity index (χ1v) is 31.8. The number of para-hydroxylation sites is 1. The van der Waals surface area contributed by atoms with Crippen molar-refractivity contribution >= 4 is 126 Å². The van der Waals surface area contributed by atoms with Crippen molar-refractivity contribution in [3.05, 3.63) is 229 Å². The second-order valence-electron chi connectivity index (χ2n) is 20.6. The molecule has 0 spiro atoms. The first kappa shape index (κ1) is 78.5. The summed E-state index contributed by atoms with van der Waals surface area (Å²) in [4.78, 5) is 167. The zero-order valence-corrected chi connectivity index (χ0v) is 55.2. The molecule has 0 saturated carbocycles. The van der Waals surface area contributed by atoms with E-state index in [-0.39, 0.29) is 117 Å². The molecule has 32 heteroatoms. The minimum Gasteiger partial charge on any atom is -0.370 e. The lowest BCUT2D eigenvalue weighted by Gasteiger charge is -2.16. The maximum atomic E-state index is 13.5. The number of thioether (sulfide) groups is 4. The summed E-state index contributed by atoms with van der Waals surface area (Å²) in [6.07, 6.45) is 3.01. The van der Waals surface area contributed by atoms with Gasteiger partial charge in [-0.15, -0.1) is 0 Å². The molecular weight excluding hydrogens is 1340 g/mol. The number of carbonyl (C=O) groups excluding carboxylic acids is 12. The zero-order valence-electron chi connectivity index (χ0n) is 51.9. The minimum absolute atomic E-state index is 0.00378. The lowest BCUT2D eigenvalue weighted by molar-refractivity contribution is -0.385. The number of benzene rings is 6. The molecule has 1 aromatic heterocycles. The van der Waals surface area contributed by atoms with Crippen LogP contribution in [0.1, 0.15) is 119 Å². The first-order valence-electron chi connectivity index (χ1n) is 28.6. The van der Waals surface area contributed by atoms with E-state index in [4.69, 9.17) is 22.9 Å². The van der Waals surface area contributed by atoms with Crippen LogP contribution in [0.2, 0.25) is 0 Å². The molecule has 0 unspecified atom stereocenters. The van der Waals surface area contributed by atoms with Gasteiger partial charge in [0.05, 0.1) is 32.1 Å². The maximum Gasteiger partial charge on any atom is 0.281 e. The summed E-state index contributed by atoms with van der Waals surface area (Å²) in [6, 6.07) is 37.3. The Hall–Kier alpha value is -11.0. The van der Waals surface area contributed by atoms with Crippen LogP contribution in [0.25, 0.3) is 0 Å². The van der Waals surface area contributed by atoms with E-state index in [0.29, 0.717) is 25.8 Å². The van der Waals surface area contributed by atoms with Crippen LogP contribution < -0.4 is 44.2 Å². The predicted octanol–water partition coefficient (Wildman–Crippen LogP) is 7.98. The topological polar surface area (TPSA) is 456 Å². The predicted molar refractivity (Wildman–Crippen MR) is 362 cm³/mol. The zero-order chi connectivity index (χ0) is 71.8. The molecular formula is C65H64FN11O16S4. The van der Waals surface area contributed by atoms with Gasteiger partial charge in [-0.25, -0.2) is 4.39 Å². The van der Waals surface area contributed by atoms with E-state index in [1.54, 1.807) is 78.9 Å². The lowest BCUT2D eigenvalue weighted by Crippen LogP contribution is -2.28. The minimum atomic E-state index is -0.629. The van der Waals surface area contributed by atoms with Crippen molar-refractivity contribution in [2.45, 2.75) is 66.0 Å². The fraction of sp³-hybridized carbons (Fsp3) is 0.185. The highest BCUT2D eigenvalue weighted by Crippen LogP contribution is 2.33. The maximum absolute atomic E-state index is 13.5. The molecule has 6 aromatic carbocycles. The number of non-ortho nitro benzene ring substituents is 1. The standard InChI is InChI=1S/2C17H15N3O5S.C16H14FN3O3S.C15H20N2O3S/c18-15(21)9-10-19-16(22)12-6-2-4-8-14(12)26-17(23)11-5-1-3-7-13(11)20(24)25;18-15(21)9-10-19-16(22)13-3-1-2-4-14(13)26-17(23)11-5-7-12(8-6-11)20(24)25;17-11-3-4-12(15(22)20-7-5-14(18)21)13(8-11)24-16(23)10-2-1-6-19-9-10;1-15(2,3)14(20)21-11-7-5-4-6-10(11)13(19)17-9-8-12(16)18/h2*1-8H,9-10H2,(H2,18,21)(H,19,22);1-4,6,8-9H,5,7H2,(H2,18,21)(H,20,22);4-7H,8-9H2,1-3H3,(H2,16,18)(H,17,19). The highest BCUT2D eigenvalue weighted by atomic mass is 32.2. The summed E-state index contributed by atoms with van der Waals surface area (Å²) in [7, 11) is 0. The molecule has 0 fully saturated rings. The van der Waals surface area contributed by atoms with Gasteiger partial charge in [-0.1, -0.05) is 81.1 Å². The quantitative estimate of drug-likeness (QED) is 0.0153. The number of hydrogen-bond acceptors (Lipinski definition) is 21. The Balaban J connectivity index is 0.000000276. The molecule has 0 aliphatic carbocycles. The van der Waals surface area contributed by atoms with E-state index in [0.717, 1.165) is 59.2 Å². The fourth-order valence-corrected chi connectivity index (χ4v) is 10.9. The Bertz CT molecular complexity index is 4070. The van der Waals surface area contributed by atoms with Gasteiger partial charge in [-0.2, -0.15) is 0 Å². The van der Waals surface area contributed by atoms with Crippen molar-refractivity contribution in [1.29, 1.82) is 0 Å². The number of amides is 8. The summed E-state index contributed by atoms with van der Waals surface area (Å²) in [5, 5.41) is 30.7. The first-order chi connectivity index (χ1) is 46.0. The van der Waals surface area contributed by atoms with E-state index in [1.807, 2.05) is 20.8 Å². The van der Waals surface area contributed by atoms with Crippen LogP contribution in [0, 0.1) is 31.5 Å². The number of carbonyl (C=O) groups is 12. The van der Waals surface area contributed by atoms with Crippen molar-refractivity contribution in [3.63, 3.8) is 0 Å². The van der Waals surface area contributed by atoms with Crippen LogP contribution in [0.15, 0.2) is 184 Å². The normalized spacial score (nSPS) is 10.4. The van der Waals surface area contributed by atoms with Gasteiger partial charge in [-0.3, -0.25) is 82.7 Å². The fourth-order valence-electron chi connectivity index (χ4n) is 7.31. The molecule has 8 amide bonds. The smallest absolute Gasteiger partial charge is 0.281 e. The van der Waals surface area contributed by atoms with Crippen molar-refractivity contribution < 1.29 is 71.8 Å². The number of hydrogen-bond donors (Lipinski definition) is 8. The van der Waals surface area contributed by atoms with Crippen LogP contribution >= 0.6 is 47.0 Å². The van der Waals surface area contributed by atoms with Gasteiger partial charge in [0.25, 0.3) is 35.0 Å². The Morgan fingerprint density at radius 2 is 0.804 bits per heavy atom. The van der Waals surface area contributed by atoms with Crippen LogP contribution in [-0.2, 0) is 24.0 Å². The molecule has 0 aliphatic rings. The largest absolute Gasteiger partial charge is 0.370 e. The number of nitro benzene ring substituents is 2. The Morgan fingerprint density at radius 1 is 0.433 bits per heavy atom. The summed E-state index contributed by atoms with van der Waals surface area (Å²) in [5.41, 5.74) is 20.8. The molecule has 7 rings (SSSR count). The molecule has 506 valence electrons. The molecule has 0 saturated heterocycles. The van der Waals surface area contributed by atoms with Gasteiger partial charge in [0.1, 0.15) is 11.4 Å². The summed E-state index contributed by atoms with van der Waals surface area (Å²) >= 11 is 3.36.